The summed E-state index contributed by atoms with van der Waals surface area (Å²) in [7, 11) is 1.34. The maximum atomic E-state index is 12.6. The predicted molar refractivity (Wildman–Crippen MR) is 102 cm³/mol. The van der Waals surface area contributed by atoms with Crippen LogP contribution in [0.15, 0.2) is 35.1 Å². The molecule has 0 aliphatic carbocycles. The third-order valence-electron chi connectivity index (χ3n) is 3.98. The van der Waals surface area contributed by atoms with E-state index in [0.29, 0.717) is 5.56 Å². The van der Waals surface area contributed by atoms with Crippen LogP contribution in [0.5, 0.6) is 5.75 Å². The number of nitro groups is 1. The van der Waals surface area contributed by atoms with E-state index in [0.717, 1.165) is 0 Å². The molecule has 0 spiro atoms. The van der Waals surface area contributed by atoms with Crippen molar-refractivity contribution >= 4 is 17.6 Å². The molecule has 1 N–H and O–H groups in total. The van der Waals surface area contributed by atoms with Gasteiger partial charge in [-0.15, -0.1) is 0 Å². The number of esters is 2. The highest BCUT2D eigenvalue weighted by Crippen LogP contribution is 2.32. The van der Waals surface area contributed by atoms with Crippen molar-refractivity contribution < 1.29 is 28.7 Å². The Hall–Kier alpha value is -3.69. The largest absolute Gasteiger partial charge is 0.496 e. The first-order valence-corrected chi connectivity index (χ1v) is 8.73. The highest BCUT2D eigenvalue weighted by atomic mass is 16.6. The summed E-state index contributed by atoms with van der Waals surface area (Å²) >= 11 is 0. The molecule has 1 heterocycles. The Morgan fingerprint density at radius 3 is 2.21 bits per heavy atom. The Kier molecular flexibility index (Phi) is 7.07. The molecule has 0 saturated carbocycles. The third kappa shape index (κ3) is 4.78. The average Bonchev–Trinajstić information content (AvgIpc) is 2.69. The van der Waals surface area contributed by atoms with Crippen LogP contribution in [0, 0.1) is 10.1 Å². The highest BCUT2D eigenvalue weighted by Gasteiger charge is 2.33. The number of aromatic nitrogens is 1. The molecule has 0 aliphatic heterocycles. The Labute approximate surface area is 165 Å². The summed E-state index contributed by atoms with van der Waals surface area (Å²) in [6.07, 6.45) is 0. The molecule has 0 saturated heterocycles. The van der Waals surface area contributed by atoms with Crippen LogP contribution in [-0.4, -0.2) is 42.2 Å². The summed E-state index contributed by atoms with van der Waals surface area (Å²) < 4.78 is 15.0. The van der Waals surface area contributed by atoms with Crippen LogP contribution in [0.25, 0.3) is 11.3 Å². The van der Waals surface area contributed by atoms with Gasteiger partial charge in [-0.2, -0.15) is 0 Å². The SMILES string of the molecule is CCOC(=O)C(C(=O)OCC)c1ccc(-c2ccc([N+](=O)[O-])cc2OC)[nH]c1=O. The minimum Gasteiger partial charge on any atom is -0.496 e. The van der Waals surface area contributed by atoms with Gasteiger partial charge in [0.15, 0.2) is 5.92 Å². The van der Waals surface area contributed by atoms with Crippen LogP contribution in [-0.2, 0) is 19.1 Å². The van der Waals surface area contributed by atoms with Crippen LogP contribution in [0.2, 0.25) is 0 Å². The smallest absolute Gasteiger partial charge is 0.325 e. The molecule has 2 rings (SSSR count). The molecule has 10 nitrogen and oxygen atoms in total. The molecule has 0 radical (unpaired) electrons. The van der Waals surface area contributed by atoms with Crippen molar-refractivity contribution in [2.45, 2.75) is 19.8 Å². The van der Waals surface area contributed by atoms with Gasteiger partial charge in [0.1, 0.15) is 5.75 Å². The number of hydrogen-bond donors (Lipinski definition) is 1. The molecule has 0 amide bonds. The lowest BCUT2D eigenvalue weighted by atomic mass is 9.99. The van der Waals surface area contributed by atoms with Gasteiger partial charge in [0.25, 0.3) is 11.2 Å². The number of non-ortho nitro benzene ring substituents is 1. The molecule has 1 aromatic carbocycles. The number of nitro benzene ring substituents is 1. The van der Waals surface area contributed by atoms with Crippen molar-refractivity contribution in [1.29, 1.82) is 0 Å². The zero-order valence-corrected chi connectivity index (χ0v) is 16.1. The molecule has 0 bridgehead atoms. The summed E-state index contributed by atoms with van der Waals surface area (Å²) in [5.74, 6) is -3.13. The quantitative estimate of drug-likeness (QED) is 0.306. The number of carbonyl (C=O) groups excluding carboxylic acids is 2. The maximum absolute atomic E-state index is 12.6. The van der Waals surface area contributed by atoms with Crippen LogP contribution in [0.1, 0.15) is 25.3 Å². The maximum Gasteiger partial charge on any atom is 0.325 e. The molecule has 2 aromatic rings. The van der Waals surface area contributed by atoms with Gasteiger partial charge in [0.2, 0.25) is 0 Å². The normalized spacial score (nSPS) is 10.5. The Morgan fingerprint density at radius 1 is 1.10 bits per heavy atom. The number of aromatic amines is 1. The second kappa shape index (κ2) is 9.49. The average molecular weight is 404 g/mol. The van der Waals surface area contributed by atoms with Gasteiger partial charge in [0, 0.05) is 17.2 Å². The Morgan fingerprint density at radius 2 is 1.72 bits per heavy atom. The van der Waals surface area contributed by atoms with E-state index in [-0.39, 0.29) is 35.9 Å². The van der Waals surface area contributed by atoms with Gasteiger partial charge in [-0.3, -0.25) is 24.5 Å². The van der Waals surface area contributed by atoms with E-state index in [1.165, 1.54) is 37.4 Å². The summed E-state index contributed by atoms with van der Waals surface area (Å²) in [6.45, 7) is 3.22. The van der Waals surface area contributed by atoms with Gasteiger partial charge >= 0.3 is 11.9 Å². The minimum atomic E-state index is -1.52. The third-order valence-corrected chi connectivity index (χ3v) is 3.98. The number of ether oxygens (including phenoxy) is 3. The van der Waals surface area contributed by atoms with Crippen molar-refractivity contribution in [2.75, 3.05) is 20.3 Å². The van der Waals surface area contributed by atoms with E-state index in [4.69, 9.17) is 14.2 Å². The lowest BCUT2D eigenvalue weighted by Crippen LogP contribution is -2.31. The van der Waals surface area contributed by atoms with Crippen molar-refractivity contribution in [3.8, 4) is 17.0 Å². The second-order valence-corrected chi connectivity index (χ2v) is 5.74. The number of carbonyl (C=O) groups is 2. The molecule has 29 heavy (non-hydrogen) atoms. The second-order valence-electron chi connectivity index (χ2n) is 5.74. The molecule has 0 unspecified atom stereocenters. The highest BCUT2D eigenvalue weighted by molar-refractivity contribution is 6.00. The summed E-state index contributed by atoms with van der Waals surface area (Å²) in [6, 6.07) is 6.70. The number of rotatable bonds is 8. The van der Waals surface area contributed by atoms with Gasteiger partial charge < -0.3 is 19.2 Å². The van der Waals surface area contributed by atoms with Crippen molar-refractivity contribution in [1.82, 2.24) is 4.98 Å². The molecule has 154 valence electrons. The standard InChI is InChI=1S/C19H20N2O8/c1-4-28-18(23)16(19(24)29-5-2)13-8-9-14(20-17(13)22)12-7-6-11(21(25)26)10-15(12)27-3/h6-10,16H,4-5H2,1-3H3,(H,20,22). The van der Waals surface area contributed by atoms with Crippen LogP contribution >= 0.6 is 0 Å². The van der Waals surface area contributed by atoms with E-state index in [9.17, 15) is 24.5 Å². The number of pyridine rings is 1. The topological polar surface area (TPSA) is 138 Å². The number of nitrogens with one attached hydrogen (secondary N) is 1. The first kappa shape index (κ1) is 21.6. The van der Waals surface area contributed by atoms with Gasteiger partial charge in [-0.25, -0.2) is 0 Å². The predicted octanol–water partition coefficient (Wildman–Crippen LogP) is 2.17. The van der Waals surface area contributed by atoms with Crippen molar-refractivity contribution in [3.63, 3.8) is 0 Å². The Balaban J connectivity index is 2.50. The molecule has 0 atom stereocenters. The monoisotopic (exact) mass is 404 g/mol. The number of benzene rings is 1. The van der Waals surface area contributed by atoms with E-state index < -0.39 is 28.3 Å². The van der Waals surface area contributed by atoms with Gasteiger partial charge in [-0.1, -0.05) is 0 Å². The zero-order valence-electron chi connectivity index (χ0n) is 16.1. The molecule has 10 heteroatoms. The fourth-order valence-electron chi connectivity index (χ4n) is 2.69. The van der Waals surface area contributed by atoms with Gasteiger partial charge in [-0.05, 0) is 32.0 Å². The van der Waals surface area contributed by atoms with E-state index in [1.807, 2.05) is 0 Å². The van der Waals surface area contributed by atoms with Crippen molar-refractivity contribution in [2.24, 2.45) is 0 Å². The fraction of sp³-hybridized carbons (Fsp3) is 0.316. The first-order chi connectivity index (χ1) is 13.8. The summed E-state index contributed by atoms with van der Waals surface area (Å²) in [5.41, 5.74) is -0.322. The lowest BCUT2D eigenvalue weighted by molar-refractivity contribution is -0.384. The number of nitrogens with zero attached hydrogens (tertiary/aromatic N) is 1. The molecule has 0 fully saturated rings. The summed E-state index contributed by atoms with van der Waals surface area (Å²) in [4.78, 5) is 50.0. The summed E-state index contributed by atoms with van der Waals surface area (Å²) in [5, 5.41) is 10.9. The van der Waals surface area contributed by atoms with Crippen molar-refractivity contribution in [3.05, 3.63) is 56.4 Å². The number of hydrogen-bond acceptors (Lipinski definition) is 8. The molecule has 1 aromatic heterocycles. The van der Waals surface area contributed by atoms with Crippen LogP contribution in [0.3, 0.4) is 0 Å². The molecular weight excluding hydrogens is 384 g/mol. The molecule has 0 aliphatic rings. The first-order valence-electron chi connectivity index (χ1n) is 8.73. The lowest BCUT2D eigenvalue weighted by Gasteiger charge is -2.15. The van der Waals surface area contributed by atoms with E-state index in [2.05, 4.69) is 4.98 Å². The minimum absolute atomic E-state index is 0.0325. The van der Waals surface area contributed by atoms with Crippen LogP contribution < -0.4 is 10.3 Å². The van der Waals surface area contributed by atoms with Gasteiger partial charge in [0.05, 0.1) is 37.0 Å². The zero-order chi connectivity index (χ0) is 21.6. The molecular formula is C19H20N2O8. The van der Waals surface area contributed by atoms with E-state index in [1.54, 1.807) is 13.8 Å². The number of H-pyrrole nitrogens is 1. The number of methoxy groups -OCH3 is 1. The fourth-order valence-corrected chi connectivity index (χ4v) is 2.69. The van der Waals surface area contributed by atoms with Crippen LogP contribution in [0.4, 0.5) is 5.69 Å². The Bertz CT molecular complexity index is 964. The van der Waals surface area contributed by atoms with E-state index >= 15 is 0 Å².